The molecule has 0 amide bonds. The summed E-state index contributed by atoms with van der Waals surface area (Å²) in [4.78, 5) is 32.3. The smallest absolute Gasteiger partial charge is 0.226 e. The van der Waals surface area contributed by atoms with Crippen molar-refractivity contribution in [3.8, 4) is 0 Å². The Hall–Kier alpha value is -1.81. The van der Waals surface area contributed by atoms with Crippen molar-refractivity contribution >= 4 is 22.7 Å². The third-order valence-electron chi connectivity index (χ3n) is 10.3. The van der Waals surface area contributed by atoms with Gasteiger partial charge >= 0.3 is 0 Å². The van der Waals surface area contributed by atoms with Gasteiger partial charge in [0.05, 0.1) is 12.6 Å². The van der Waals surface area contributed by atoms with E-state index < -0.39 is 45.2 Å². The highest BCUT2D eigenvalue weighted by atomic mass is 32.2. The molecule has 0 spiro atoms. The molecule has 0 aromatic carbocycles. The van der Waals surface area contributed by atoms with Crippen molar-refractivity contribution in [1.29, 1.82) is 0 Å². The second-order valence-electron chi connectivity index (χ2n) is 11.9. The Morgan fingerprint density at radius 1 is 1.30 bits per heavy atom. The summed E-state index contributed by atoms with van der Waals surface area (Å²) in [6, 6.07) is 2.85. The van der Waals surface area contributed by atoms with E-state index in [9.17, 15) is 19.1 Å². The first-order chi connectivity index (χ1) is 17.5. The molecule has 6 nitrogen and oxygen atoms in total. The molecule has 0 radical (unpaired) electrons. The van der Waals surface area contributed by atoms with Crippen LogP contribution in [0.1, 0.15) is 51.1 Å². The van der Waals surface area contributed by atoms with Gasteiger partial charge in [-0.05, 0) is 69.7 Å². The number of ketones is 1. The Morgan fingerprint density at radius 2 is 2.08 bits per heavy atom. The van der Waals surface area contributed by atoms with E-state index in [-0.39, 0.29) is 24.0 Å². The molecule has 37 heavy (non-hydrogen) atoms. The number of hydroxylamine groups is 2. The first-order valence-electron chi connectivity index (χ1n) is 13.0. The molecule has 1 aromatic heterocycles. The fourth-order valence-electron chi connectivity index (χ4n) is 8.66. The van der Waals surface area contributed by atoms with E-state index in [0.717, 1.165) is 11.3 Å². The summed E-state index contributed by atoms with van der Waals surface area (Å²) >= 11 is 0.596. The molecule has 6 rings (SSSR count). The number of furan rings is 1. The van der Waals surface area contributed by atoms with Gasteiger partial charge in [0.2, 0.25) is 5.12 Å². The summed E-state index contributed by atoms with van der Waals surface area (Å²) in [5.41, 5.74) is -4.63. The van der Waals surface area contributed by atoms with Crippen LogP contribution in [-0.2, 0) is 21.0 Å². The third-order valence-corrected chi connectivity index (χ3v) is 11.0. The van der Waals surface area contributed by atoms with E-state index >= 15 is 4.39 Å². The maximum atomic E-state index is 17.4. The van der Waals surface area contributed by atoms with Crippen LogP contribution in [0, 0.1) is 35.5 Å². The number of carbonyl (C=O) groups excluding carboxylic acids is 2. The number of thioether (sulfide) groups is 1. The molecule has 2 heterocycles. The molecular weight excluding hydrogens is 500 g/mol. The van der Waals surface area contributed by atoms with Gasteiger partial charge in [0.25, 0.3) is 0 Å². The standard InChI is InChI=1S/C28H33F2NO5S/c1-16-4-6-20(35-16)14-31-13-18-11-22-21-7-5-17-10-19(32)8-9-25(17,2)27(21,30)23(33)12-26(22,3)28(18,36-31)24(34)37-15-29/h4,6,8-10,18,21-23,33H,5,7,11-15H2,1-3H3/t18-,21-,22-,23-,25-,26-,27-,28-/m0/s1. The number of nitrogens with zero attached hydrogens (tertiary/aromatic N) is 1. The van der Waals surface area contributed by atoms with Gasteiger partial charge in [-0.2, -0.15) is 5.06 Å². The highest BCUT2D eigenvalue weighted by molar-refractivity contribution is 8.13. The van der Waals surface area contributed by atoms with E-state index in [1.807, 2.05) is 26.0 Å². The van der Waals surface area contributed by atoms with E-state index in [2.05, 4.69) is 0 Å². The summed E-state index contributed by atoms with van der Waals surface area (Å²) < 4.78 is 36.7. The lowest BCUT2D eigenvalue weighted by Gasteiger charge is -2.62. The molecule has 0 bridgehead atoms. The van der Waals surface area contributed by atoms with Crippen LogP contribution in [0.25, 0.3) is 0 Å². The van der Waals surface area contributed by atoms with Crippen LogP contribution in [-0.4, -0.2) is 51.0 Å². The van der Waals surface area contributed by atoms with Gasteiger partial charge in [0.15, 0.2) is 17.1 Å². The van der Waals surface area contributed by atoms with Gasteiger partial charge in [0.1, 0.15) is 17.5 Å². The SMILES string of the molecule is Cc1ccc(CN2C[C@@H]3C[C@H]4[C@@H]5CCC6=CC(=O)C=C[C@]6(C)[C@@]5(F)[C@@H](O)C[C@]4(C)[C@]3(C(=O)SCF)O2)o1. The number of hydrogen-bond donors (Lipinski definition) is 1. The third kappa shape index (κ3) is 3.20. The molecule has 9 heteroatoms. The summed E-state index contributed by atoms with van der Waals surface area (Å²) in [7, 11) is 0. The van der Waals surface area contributed by atoms with Crippen molar-refractivity contribution in [2.45, 2.75) is 70.4 Å². The molecule has 200 valence electrons. The van der Waals surface area contributed by atoms with Gasteiger partial charge < -0.3 is 9.52 Å². The topological polar surface area (TPSA) is 80.0 Å². The number of aryl methyl sites for hydroxylation is 1. The maximum absolute atomic E-state index is 17.4. The van der Waals surface area contributed by atoms with Gasteiger partial charge in [-0.3, -0.25) is 14.4 Å². The Morgan fingerprint density at radius 3 is 2.78 bits per heavy atom. The number of allylic oxidation sites excluding steroid dienone is 4. The number of halogens is 2. The molecule has 4 aliphatic carbocycles. The summed E-state index contributed by atoms with van der Waals surface area (Å²) in [5, 5.41) is 12.9. The number of hydrogen-bond acceptors (Lipinski definition) is 7. The fourth-order valence-corrected chi connectivity index (χ4v) is 9.41. The molecule has 1 N–H and O–H groups in total. The van der Waals surface area contributed by atoms with Crippen LogP contribution in [0.15, 0.2) is 40.4 Å². The second kappa shape index (κ2) is 8.34. The van der Waals surface area contributed by atoms with Crippen molar-refractivity contribution < 1.29 is 32.7 Å². The van der Waals surface area contributed by atoms with Crippen LogP contribution in [0.3, 0.4) is 0 Å². The molecule has 3 saturated carbocycles. The Bertz CT molecular complexity index is 1210. The maximum Gasteiger partial charge on any atom is 0.226 e. The van der Waals surface area contributed by atoms with E-state index in [1.54, 1.807) is 18.1 Å². The zero-order valence-electron chi connectivity index (χ0n) is 21.3. The highest BCUT2D eigenvalue weighted by Crippen LogP contribution is 2.73. The van der Waals surface area contributed by atoms with Crippen molar-refractivity contribution in [2.24, 2.45) is 28.6 Å². The van der Waals surface area contributed by atoms with Crippen molar-refractivity contribution in [1.82, 2.24) is 5.06 Å². The molecule has 1 aromatic rings. The number of aliphatic hydroxyl groups is 1. The molecule has 4 fully saturated rings. The zero-order chi connectivity index (χ0) is 26.4. The minimum atomic E-state index is -1.99. The average Bonchev–Trinajstić information content (AvgIpc) is 3.48. The van der Waals surface area contributed by atoms with Crippen molar-refractivity contribution in [3.63, 3.8) is 0 Å². The van der Waals surface area contributed by atoms with E-state index in [4.69, 9.17) is 9.25 Å². The fraction of sp³-hybridized carbons (Fsp3) is 0.643. The minimum Gasteiger partial charge on any atom is -0.465 e. The van der Waals surface area contributed by atoms with Gasteiger partial charge in [0, 0.05) is 29.2 Å². The van der Waals surface area contributed by atoms with Crippen LogP contribution in [0.5, 0.6) is 0 Å². The predicted molar refractivity (Wildman–Crippen MR) is 133 cm³/mol. The highest BCUT2D eigenvalue weighted by Gasteiger charge is 2.79. The summed E-state index contributed by atoms with van der Waals surface area (Å²) in [6.45, 7) is 6.32. The normalized spacial score (nSPS) is 44.7. The van der Waals surface area contributed by atoms with Crippen LogP contribution >= 0.6 is 11.8 Å². The molecule has 0 unspecified atom stereocenters. The molecule has 1 aliphatic heterocycles. The number of rotatable bonds is 4. The lowest BCUT2D eigenvalue weighted by Crippen LogP contribution is -2.69. The summed E-state index contributed by atoms with van der Waals surface area (Å²) in [5.74, 6) is 0.266. The monoisotopic (exact) mass is 533 g/mol. The molecular formula is C28H33F2NO5S. The van der Waals surface area contributed by atoms with Gasteiger partial charge in [-0.1, -0.05) is 30.3 Å². The first kappa shape index (κ1) is 25.5. The number of alkyl halides is 2. The molecule has 8 atom stereocenters. The quantitative estimate of drug-likeness (QED) is 0.592. The van der Waals surface area contributed by atoms with Crippen LogP contribution in [0.2, 0.25) is 0 Å². The van der Waals surface area contributed by atoms with Crippen LogP contribution < -0.4 is 0 Å². The Labute approximate surface area is 219 Å². The van der Waals surface area contributed by atoms with Gasteiger partial charge in [-0.25, -0.2) is 8.78 Å². The molecule has 1 saturated heterocycles. The zero-order valence-corrected chi connectivity index (χ0v) is 22.2. The van der Waals surface area contributed by atoms with Crippen LogP contribution in [0.4, 0.5) is 8.78 Å². The number of fused-ring (bicyclic) bond motifs is 7. The van der Waals surface area contributed by atoms with Crippen molar-refractivity contribution in [2.75, 3.05) is 12.6 Å². The molecule has 5 aliphatic rings. The number of aliphatic hydroxyl groups excluding tert-OH is 1. The predicted octanol–water partition coefficient (Wildman–Crippen LogP) is 4.86. The minimum absolute atomic E-state index is 0.0120. The second-order valence-corrected chi connectivity index (χ2v) is 12.8. The first-order valence-corrected chi connectivity index (χ1v) is 14.0. The average molecular weight is 534 g/mol. The van der Waals surface area contributed by atoms with E-state index in [0.29, 0.717) is 49.9 Å². The lowest BCUT2D eigenvalue weighted by atomic mass is 9.45. The van der Waals surface area contributed by atoms with Gasteiger partial charge in [-0.15, -0.1) is 0 Å². The Kier molecular flexibility index (Phi) is 5.74. The summed E-state index contributed by atoms with van der Waals surface area (Å²) in [6.07, 6.45) is 4.74. The van der Waals surface area contributed by atoms with Crippen molar-refractivity contribution in [3.05, 3.63) is 47.5 Å². The number of carbonyl (C=O) groups is 2. The largest absolute Gasteiger partial charge is 0.465 e. The Balaban J connectivity index is 1.39. The lowest BCUT2D eigenvalue weighted by molar-refractivity contribution is -0.265. The van der Waals surface area contributed by atoms with E-state index in [1.165, 1.54) is 12.2 Å².